The van der Waals surface area contributed by atoms with Gasteiger partial charge in [-0.15, -0.1) is 0 Å². The molecule has 0 spiro atoms. The Morgan fingerprint density at radius 1 is 1.38 bits per heavy atom. The lowest BCUT2D eigenvalue weighted by Gasteiger charge is -2.11. The third kappa shape index (κ3) is 4.56. The molecule has 0 aliphatic carbocycles. The van der Waals surface area contributed by atoms with Gasteiger partial charge in [0.2, 0.25) is 5.95 Å². The highest BCUT2D eigenvalue weighted by Crippen LogP contribution is 2.13. The van der Waals surface area contributed by atoms with E-state index in [4.69, 9.17) is 4.74 Å². The summed E-state index contributed by atoms with van der Waals surface area (Å²) in [5, 5.41) is 3.30. The maximum Gasteiger partial charge on any atom is 0.202 e. The number of rotatable bonds is 8. The van der Waals surface area contributed by atoms with Crippen molar-refractivity contribution in [3.8, 4) is 0 Å². The van der Waals surface area contributed by atoms with Gasteiger partial charge in [0, 0.05) is 39.2 Å². The minimum absolute atomic E-state index is 0.181. The predicted octanol–water partition coefficient (Wildman–Crippen LogP) is 3.02. The van der Waals surface area contributed by atoms with E-state index in [1.54, 1.807) is 19.4 Å². The fourth-order valence-electron chi connectivity index (χ4n) is 2.25. The van der Waals surface area contributed by atoms with E-state index < -0.39 is 0 Å². The van der Waals surface area contributed by atoms with E-state index in [1.165, 1.54) is 6.07 Å². The summed E-state index contributed by atoms with van der Waals surface area (Å²) in [4.78, 5) is 4.31. The van der Waals surface area contributed by atoms with Crippen molar-refractivity contribution in [3.05, 3.63) is 47.5 Å². The standard InChI is InChI=1S/C16H22FN3O/c1-13-12-15(17)5-4-14(13)6-9-20-10-8-19-16(20)18-7-3-11-21-2/h4-5,8,10,12H,3,6-7,9,11H2,1-2H3,(H,18,19). The van der Waals surface area contributed by atoms with Crippen LogP contribution in [0.4, 0.5) is 10.3 Å². The molecule has 4 nitrogen and oxygen atoms in total. The van der Waals surface area contributed by atoms with Gasteiger partial charge in [0.05, 0.1) is 0 Å². The van der Waals surface area contributed by atoms with Crippen molar-refractivity contribution >= 4 is 5.95 Å². The van der Waals surface area contributed by atoms with Crippen LogP contribution in [0.15, 0.2) is 30.6 Å². The molecular weight excluding hydrogens is 269 g/mol. The molecule has 0 amide bonds. The highest BCUT2D eigenvalue weighted by Gasteiger charge is 2.04. The Hall–Kier alpha value is -1.88. The van der Waals surface area contributed by atoms with Crippen molar-refractivity contribution in [2.45, 2.75) is 26.3 Å². The van der Waals surface area contributed by atoms with Crippen molar-refractivity contribution in [1.82, 2.24) is 9.55 Å². The summed E-state index contributed by atoms with van der Waals surface area (Å²) in [5.41, 5.74) is 2.15. The van der Waals surface area contributed by atoms with E-state index >= 15 is 0 Å². The second kappa shape index (κ2) is 7.78. The maximum atomic E-state index is 13.1. The van der Waals surface area contributed by atoms with Crippen LogP contribution in [0.5, 0.6) is 0 Å². The van der Waals surface area contributed by atoms with Gasteiger partial charge in [-0.2, -0.15) is 0 Å². The molecule has 0 aliphatic rings. The summed E-state index contributed by atoms with van der Waals surface area (Å²) in [6.07, 6.45) is 5.54. The molecule has 0 atom stereocenters. The number of ether oxygens (including phenoxy) is 1. The van der Waals surface area contributed by atoms with Crippen LogP contribution < -0.4 is 5.32 Å². The average molecular weight is 291 g/mol. The third-order valence-electron chi connectivity index (χ3n) is 3.45. The van der Waals surface area contributed by atoms with E-state index in [0.717, 1.165) is 49.6 Å². The van der Waals surface area contributed by atoms with Crippen molar-refractivity contribution in [2.24, 2.45) is 0 Å². The molecule has 5 heteroatoms. The number of hydrogen-bond donors (Lipinski definition) is 1. The SMILES string of the molecule is COCCCNc1nccn1CCc1ccc(F)cc1C. The van der Waals surface area contributed by atoms with Gasteiger partial charge >= 0.3 is 0 Å². The minimum atomic E-state index is -0.181. The molecule has 21 heavy (non-hydrogen) atoms. The highest BCUT2D eigenvalue weighted by atomic mass is 19.1. The van der Waals surface area contributed by atoms with E-state index in [1.807, 2.05) is 19.2 Å². The van der Waals surface area contributed by atoms with Crippen molar-refractivity contribution < 1.29 is 9.13 Å². The highest BCUT2D eigenvalue weighted by molar-refractivity contribution is 5.28. The first-order valence-electron chi connectivity index (χ1n) is 7.19. The Bertz CT molecular complexity index is 568. The summed E-state index contributed by atoms with van der Waals surface area (Å²) in [6.45, 7) is 4.33. The quantitative estimate of drug-likeness (QED) is 0.760. The van der Waals surface area contributed by atoms with Crippen LogP contribution in [0.25, 0.3) is 0 Å². The Labute approximate surface area is 125 Å². The molecule has 0 aliphatic heterocycles. The molecule has 0 radical (unpaired) electrons. The van der Waals surface area contributed by atoms with E-state index in [2.05, 4.69) is 14.9 Å². The van der Waals surface area contributed by atoms with Crippen LogP contribution in [0, 0.1) is 12.7 Å². The molecule has 0 saturated heterocycles. The molecule has 1 N–H and O–H groups in total. The molecule has 114 valence electrons. The Morgan fingerprint density at radius 3 is 3.00 bits per heavy atom. The first kappa shape index (κ1) is 15.5. The molecule has 1 aromatic carbocycles. The topological polar surface area (TPSA) is 39.1 Å². The molecule has 1 heterocycles. The smallest absolute Gasteiger partial charge is 0.202 e. The third-order valence-corrected chi connectivity index (χ3v) is 3.45. The van der Waals surface area contributed by atoms with E-state index in [0.29, 0.717) is 0 Å². The first-order chi connectivity index (χ1) is 10.2. The normalized spacial score (nSPS) is 10.8. The minimum Gasteiger partial charge on any atom is -0.385 e. The van der Waals surface area contributed by atoms with Gasteiger partial charge in [-0.05, 0) is 43.0 Å². The maximum absolute atomic E-state index is 13.1. The molecule has 0 saturated carbocycles. The number of aryl methyl sites for hydroxylation is 3. The van der Waals surface area contributed by atoms with Gasteiger partial charge in [-0.25, -0.2) is 9.37 Å². The number of imidazole rings is 1. The zero-order valence-electron chi connectivity index (χ0n) is 12.6. The molecule has 0 unspecified atom stereocenters. The van der Waals surface area contributed by atoms with Gasteiger partial charge < -0.3 is 14.6 Å². The zero-order valence-corrected chi connectivity index (χ0v) is 12.6. The fraction of sp³-hybridized carbons (Fsp3) is 0.438. The van der Waals surface area contributed by atoms with Crippen molar-refractivity contribution in [1.29, 1.82) is 0 Å². The number of nitrogens with one attached hydrogen (secondary N) is 1. The van der Waals surface area contributed by atoms with E-state index in [9.17, 15) is 4.39 Å². The van der Waals surface area contributed by atoms with E-state index in [-0.39, 0.29) is 5.82 Å². The molecule has 2 aromatic rings. The van der Waals surface area contributed by atoms with Crippen molar-refractivity contribution in [3.63, 3.8) is 0 Å². The predicted molar refractivity (Wildman–Crippen MR) is 82.1 cm³/mol. The Balaban J connectivity index is 1.90. The summed E-state index contributed by atoms with van der Waals surface area (Å²) in [7, 11) is 1.70. The zero-order chi connectivity index (χ0) is 15.1. The molecule has 0 bridgehead atoms. The number of anilines is 1. The lowest BCUT2D eigenvalue weighted by atomic mass is 10.1. The second-order valence-corrected chi connectivity index (χ2v) is 5.04. The number of benzene rings is 1. The molecule has 2 rings (SSSR count). The van der Waals surface area contributed by atoms with Crippen molar-refractivity contribution in [2.75, 3.05) is 25.6 Å². The Morgan fingerprint density at radius 2 is 2.24 bits per heavy atom. The molecular formula is C16H22FN3O. The van der Waals surface area contributed by atoms with Crippen LogP contribution in [-0.4, -0.2) is 29.8 Å². The second-order valence-electron chi connectivity index (χ2n) is 5.04. The summed E-state index contributed by atoms with van der Waals surface area (Å²) in [5.74, 6) is 0.685. The van der Waals surface area contributed by atoms with Crippen LogP contribution in [0.3, 0.4) is 0 Å². The van der Waals surface area contributed by atoms with Gasteiger partial charge in [0.1, 0.15) is 5.82 Å². The van der Waals surface area contributed by atoms with Crippen LogP contribution >= 0.6 is 0 Å². The number of methoxy groups -OCH3 is 1. The van der Waals surface area contributed by atoms with Gasteiger partial charge in [0.25, 0.3) is 0 Å². The van der Waals surface area contributed by atoms with Crippen LogP contribution in [0.2, 0.25) is 0 Å². The van der Waals surface area contributed by atoms with Crippen LogP contribution in [0.1, 0.15) is 17.5 Å². The monoisotopic (exact) mass is 291 g/mol. The number of nitrogens with zero attached hydrogens (tertiary/aromatic N) is 2. The summed E-state index contributed by atoms with van der Waals surface area (Å²) in [6, 6.07) is 4.95. The Kier molecular flexibility index (Phi) is 5.75. The number of hydrogen-bond acceptors (Lipinski definition) is 3. The molecule has 1 aromatic heterocycles. The summed E-state index contributed by atoms with van der Waals surface area (Å²) >= 11 is 0. The van der Waals surface area contributed by atoms with Gasteiger partial charge in [-0.3, -0.25) is 0 Å². The average Bonchev–Trinajstić information content (AvgIpc) is 2.90. The summed E-state index contributed by atoms with van der Waals surface area (Å²) < 4.78 is 20.2. The largest absolute Gasteiger partial charge is 0.385 e. The van der Waals surface area contributed by atoms with Crippen LogP contribution in [-0.2, 0) is 17.7 Å². The fourth-order valence-corrected chi connectivity index (χ4v) is 2.25. The number of aromatic nitrogens is 2. The lowest BCUT2D eigenvalue weighted by Crippen LogP contribution is -2.11. The lowest BCUT2D eigenvalue weighted by molar-refractivity contribution is 0.197. The van der Waals surface area contributed by atoms with Gasteiger partial charge in [0.15, 0.2) is 0 Å². The molecule has 0 fully saturated rings. The van der Waals surface area contributed by atoms with Gasteiger partial charge in [-0.1, -0.05) is 6.07 Å². The first-order valence-corrected chi connectivity index (χ1v) is 7.19. The number of halogens is 1.